The van der Waals surface area contributed by atoms with E-state index in [0.717, 1.165) is 30.0 Å². The van der Waals surface area contributed by atoms with E-state index in [2.05, 4.69) is 5.32 Å². The molecule has 3 rings (SSSR count). The Morgan fingerprint density at radius 1 is 1.07 bits per heavy atom. The Morgan fingerprint density at radius 3 is 2.52 bits per heavy atom. The van der Waals surface area contributed by atoms with Crippen LogP contribution >= 0.6 is 0 Å². The van der Waals surface area contributed by atoms with Gasteiger partial charge in [-0.25, -0.2) is 0 Å². The van der Waals surface area contributed by atoms with E-state index in [1.165, 1.54) is 0 Å². The molecule has 2 amide bonds. The Labute approximate surface area is 171 Å². The van der Waals surface area contributed by atoms with Crippen molar-refractivity contribution in [3.8, 4) is 11.5 Å². The summed E-state index contributed by atoms with van der Waals surface area (Å²) in [5.74, 6) is 1.44. The molecular formula is C23H28N2O4. The third-order valence-corrected chi connectivity index (χ3v) is 5.05. The van der Waals surface area contributed by atoms with Gasteiger partial charge >= 0.3 is 0 Å². The summed E-state index contributed by atoms with van der Waals surface area (Å²) >= 11 is 0. The first kappa shape index (κ1) is 20.7. The number of carbonyl (C=O) groups excluding carboxylic acids is 2. The van der Waals surface area contributed by atoms with Crippen molar-refractivity contribution >= 4 is 17.5 Å². The molecule has 154 valence electrons. The van der Waals surface area contributed by atoms with Gasteiger partial charge in [0, 0.05) is 25.2 Å². The number of hydrogen-bond donors (Lipinski definition) is 1. The molecule has 1 atom stereocenters. The molecule has 29 heavy (non-hydrogen) atoms. The molecule has 1 heterocycles. The van der Waals surface area contributed by atoms with Gasteiger partial charge in [0.15, 0.2) is 0 Å². The molecule has 0 aromatic heterocycles. The summed E-state index contributed by atoms with van der Waals surface area (Å²) in [4.78, 5) is 26.9. The van der Waals surface area contributed by atoms with E-state index in [1.807, 2.05) is 59.5 Å². The standard InChI is InChI=1S/C23H28N2O4/c1-28-20-11-13-21(14-12-20)29-16-6-10-22(26)25-15-5-7-18(17-25)23(27)24-19-8-3-2-4-9-19/h2-4,8-9,11-14,18H,5-7,10,15-17H2,1H3,(H,24,27). The molecule has 6 heteroatoms. The quantitative estimate of drug-likeness (QED) is 0.691. The number of para-hydroxylation sites is 1. The molecular weight excluding hydrogens is 368 g/mol. The summed E-state index contributed by atoms with van der Waals surface area (Å²) in [7, 11) is 1.62. The Kier molecular flexibility index (Phi) is 7.50. The summed E-state index contributed by atoms with van der Waals surface area (Å²) in [5.41, 5.74) is 0.789. The molecule has 1 aliphatic rings. The molecule has 2 aromatic rings. The third kappa shape index (κ3) is 6.24. The Balaban J connectivity index is 1.40. The van der Waals surface area contributed by atoms with E-state index in [0.29, 0.717) is 32.5 Å². The average Bonchev–Trinajstić information content (AvgIpc) is 2.77. The van der Waals surface area contributed by atoms with Gasteiger partial charge < -0.3 is 19.7 Å². The van der Waals surface area contributed by atoms with Crippen LogP contribution in [0, 0.1) is 5.92 Å². The van der Waals surface area contributed by atoms with Gasteiger partial charge in [-0.1, -0.05) is 18.2 Å². The Bertz CT molecular complexity index is 792. The maximum Gasteiger partial charge on any atom is 0.229 e. The molecule has 1 unspecified atom stereocenters. The molecule has 1 N–H and O–H groups in total. The molecule has 1 fully saturated rings. The maximum atomic E-state index is 12.5. The molecule has 0 saturated carbocycles. The highest BCUT2D eigenvalue weighted by atomic mass is 16.5. The highest BCUT2D eigenvalue weighted by molar-refractivity contribution is 5.93. The molecule has 2 aromatic carbocycles. The first-order chi connectivity index (χ1) is 14.2. The number of carbonyl (C=O) groups is 2. The van der Waals surface area contributed by atoms with Crippen molar-refractivity contribution in [2.75, 3.05) is 32.1 Å². The summed E-state index contributed by atoms with van der Waals surface area (Å²) < 4.78 is 10.8. The topological polar surface area (TPSA) is 67.9 Å². The number of nitrogens with one attached hydrogen (secondary N) is 1. The van der Waals surface area contributed by atoms with E-state index < -0.39 is 0 Å². The van der Waals surface area contributed by atoms with Gasteiger partial charge in [-0.15, -0.1) is 0 Å². The largest absolute Gasteiger partial charge is 0.497 e. The van der Waals surface area contributed by atoms with Crippen molar-refractivity contribution in [1.82, 2.24) is 4.90 Å². The predicted molar refractivity (Wildman–Crippen MR) is 112 cm³/mol. The summed E-state index contributed by atoms with van der Waals surface area (Å²) in [6, 6.07) is 16.8. The van der Waals surface area contributed by atoms with E-state index in [1.54, 1.807) is 7.11 Å². The Hall–Kier alpha value is -3.02. The van der Waals surface area contributed by atoms with E-state index in [-0.39, 0.29) is 17.7 Å². The van der Waals surface area contributed by atoms with Gasteiger partial charge in [-0.05, 0) is 55.7 Å². The first-order valence-electron chi connectivity index (χ1n) is 10.1. The fourth-order valence-corrected chi connectivity index (χ4v) is 3.43. The lowest BCUT2D eigenvalue weighted by atomic mass is 9.96. The summed E-state index contributed by atoms with van der Waals surface area (Å²) in [5, 5.41) is 2.94. The van der Waals surface area contributed by atoms with Crippen LogP contribution in [0.4, 0.5) is 5.69 Å². The highest BCUT2D eigenvalue weighted by Gasteiger charge is 2.28. The fraction of sp³-hybridized carbons (Fsp3) is 0.391. The van der Waals surface area contributed by atoms with Crippen molar-refractivity contribution in [1.29, 1.82) is 0 Å². The molecule has 0 spiro atoms. The number of amides is 2. The van der Waals surface area contributed by atoms with E-state index in [4.69, 9.17) is 9.47 Å². The average molecular weight is 396 g/mol. The monoisotopic (exact) mass is 396 g/mol. The summed E-state index contributed by atoms with van der Waals surface area (Å²) in [6.45, 7) is 1.67. The maximum absolute atomic E-state index is 12.5. The summed E-state index contributed by atoms with van der Waals surface area (Å²) in [6.07, 6.45) is 2.72. The van der Waals surface area contributed by atoms with Gasteiger partial charge in [0.1, 0.15) is 11.5 Å². The van der Waals surface area contributed by atoms with Crippen molar-refractivity contribution in [2.45, 2.75) is 25.7 Å². The van der Waals surface area contributed by atoms with Gasteiger partial charge in [-0.3, -0.25) is 9.59 Å². The van der Waals surface area contributed by atoms with Gasteiger partial charge in [-0.2, -0.15) is 0 Å². The SMILES string of the molecule is COc1ccc(OCCCC(=O)N2CCCC(C(=O)Nc3ccccc3)C2)cc1. The minimum Gasteiger partial charge on any atom is -0.497 e. The molecule has 0 aliphatic carbocycles. The molecule has 1 saturated heterocycles. The minimum atomic E-state index is -0.163. The molecule has 1 aliphatic heterocycles. The predicted octanol–water partition coefficient (Wildman–Crippen LogP) is 3.73. The fourth-order valence-electron chi connectivity index (χ4n) is 3.43. The molecule has 0 radical (unpaired) electrons. The lowest BCUT2D eigenvalue weighted by Crippen LogP contribution is -2.43. The van der Waals surface area contributed by atoms with Crippen LogP contribution in [-0.2, 0) is 9.59 Å². The van der Waals surface area contributed by atoms with Crippen LogP contribution in [0.25, 0.3) is 0 Å². The Morgan fingerprint density at radius 2 is 1.79 bits per heavy atom. The number of piperidine rings is 1. The lowest BCUT2D eigenvalue weighted by molar-refractivity contribution is -0.134. The number of hydrogen-bond acceptors (Lipinski definition) is 4. The second kappa shape index (κ2) is 10.5. The van der Waals surface area contributed by atoms with Gasteiger partial charge in [0.2, 0.25) is 11.8 Å². The second-order valence-electron chi connectivity index (χ2n) is 7.16. The van der Waals surface area contributed by atoms with Crippen molar-refractivity contribution in [3.63, 3.8) is 0 Å². The van der Waals surface area contributed by atoms with Crippen molar-refractivity contribution in [2.24, 2.45) is 5.92 Å². The zero-order chi connectivity index (χ0) is 20.5. The number of methoxy groups -OCH3 is 1. The van der Waals surface area contributed by atoms with Crippen LogP contribution in [0.15, 0.2) is 54.6 Å². The van der Waals surface area contributed by atoms with E-state index in [9.17, 15) is 9.59 Å². The van der Waals surface area contributed by atoms with Crippen molar-refractivity contribution in [3.05, 3.63) is 54.6 Å². The molecule has 6 nitrogen and oxygen atoms in total. The van der Waals surface area contributed by atoms with Crippen LogP contribution in [0.2, 0.25) is 0 Å². The van der Waals surface area contributed by atoms with Crippen LogP contribution in [-0.4, -0.2) is 43.5 Å². The van der Waals surface area contributed by atoms with Crippen LogP contribution in [0.5, 0.6) is 11.5 Å². The van der Waals surface area contributed by atoms with Crippen LogP contribution in [0.3, 0.4) is 0 Å². The van der Waals surface area contributed by atoms with Crippen LogP contribution < -0.4 is 14.8 Å². The van der Waals surface area contributed by atoms with Crippen LogP contribution in [0.1, 0.15) is 25.7 Å². The number of rotatable bonds is 8. The minimum absolute atomic E-state index is 0.0171. The van der Waals surface area contributed by atoms with Gasteiger partial charge in [0.25, 0.3) is 0 Å². The number of anilines is 1. The number of nitrogens with zero attached hydrogens (tertiary/aromatic N) is 1. The first-order valence-corrected chi connectivity index (χ1v) is 10.1. The van der Waals surface area contributed by atoms with Gasteiger partial charge in [0.05, 0.1) is 19.6 Å². The van der Waals surface area contributed by atoms with Crippen molar-refractivity contribution < 1.29 is 19.1 Å². The zero-order valence-corrected chi connectivity index (χ0v) is 16.8. The number of benzene rings is 2. The smallest absolute Gasteiger partial charge is 0.229 e. The normalized spacial score (nSPS) is 16.2. The van der Waals surface area contributed by atoms with E-state index >= 15 is 0 Å². The second-order valence-corrected chi connectivity index (χ2v) is 7.16. The lowest BCUT2D eigenvalue weighted by Gasteiger charge is -2.32. The molecule has 0 bridgehead atoms. The number of ether oxygens (including phenoxy) is 2. The highest BCUT2D eigenvalue weighted by Crippen LogP contribution is 2.20. The zero-order valence-electron chi connectivity index (χ0n) is 16.8. The third-order valence-electron chi connectivity index (χ3n) is 5.05. The number of likely N-dealkylation sites (tertiary alicyclic amines) is 1.